The number of alkyl halides is 2. The van der Waals surface area contributed by atoms with Crippen LogP contribution in [-0.4, -0.2) is 24.3 Å². The third-order valence-electron chi connectivity index (χ3n) is 3.35. The van der Waals surface area contributed by atoms with Crippen molar-refractivity contribution in [2.45, 2.75) is 25.2 Å². The standard InChI is InChI=1S/C15H12Cl2F3N3O3S/c1-6(2)15(24)23-27(25,26)10-3-7(9(18)4-8(10)16)12-11(17)13(14(19)20)22-5-21-12/h3-6,14H,1-2H3,(H,23,24). The van der Waals surface area contributed by atoms with Crippen molar-refractivity contribution in [1.82, 2.24) is 14.7 Å². The van der Waals surface area contributed by atoms with Gasteiger partial charge in [-0.15, -0.1) is 0 Å². The van der Waals surface area contributed by atoms with Gasteiger partial charge >= 0.3 is 0 Å². The predicted octanol–water partition coefficient (Wildman–Crippen LogP) is 3.99. The second kappa shape index (κ2) is 7.99. The van der Waals surface area contributed by atoms with E-state index in [2.05, 4.69) is 9.97 Å². The summed E-state index contributed by atoms with van der Waals surface area (Å²) in [5, 5.41) is -1.15. The fourth-order valence-corrected chi connectivity index (χ4v) is 3.88. The fraction of sp³-hybridized carbons (Fsp3) is 0.267. The Morgan fingerprint density at radius 2 is 1.81 bits per heavy atom. The molecule has 27 heavy (non-hydrogen) atoms. The Hall–Kier alpha value is -1.91. The van der Waals surface area contributed by atoms with Crippen LogP contribution in [0.15, 0.2) is 23.4 Å². The van der Waals surface area contributed by atoms with Gasteiger partial charge in [0.2, 0.25) is 5.91 Å². The summed E-state index contributed by atoms with van der Waals surface area (Å²) < 4.78 is 66.8. The van der Waals surface area contributed by atoms with Gasteiger partial charge in [-0.2, -0.15) is 0 Å². The van der Waals surface area contributed by atoms with E-state index in [4.69, 9.17) is 23.2 Å². The smallest absolute Gasteiger partial charge is 0.274 e. The lowest BCUT2D eigenvalue weighted by molar-refractivity contribution is -0.122. The van der Waals surface area contributed by atoms with Crippen molar-refractivity contribution in [3.05, 3.63) is 40.0 Å². The van der Waals surface area contributed by atoms with Crippen LogP contribution in [0.1, 0.15) is 26.0 Å². The van der Waals surface area contributed by atoms with Crippen molar-refractivity contribution in [2.75, 3.05) is 0 Å². The lowest BCUT2D eigenvalue weighted by Crippen LogP contribution is -2.33. The number of amides is 1. The number of sulfonamides is 1. The van der Waals surface area contributed by atoms with Gasteiger partial charge in [0.25, 0.3) is 16.4 Å². The highest BCUT2D eigenvalue weighted by atomic mass is 35.5. The van der Waals surface area contributed by atoms with Gasteiger partial charge in [0.15, 0.2) is 0 Å². The second-order valence-corrected chi connectivity index (χ2v) is 8.05. The SMILES string of the molecule is CC(C)C(=O)NS(=O)(=O)c1cc(-c2ncnc(C(F)F)c2Cl)c(F)cc1Cl. The molecule has 2 rings (SSSR count). The molecule has 6 nitrogen and oxygen atoms in total. The number of rotatable bonds is 5. The molecular weight excluding hydrogens is 430 g/mol. The number of halogens is 5. The summed E-state index contributed by atoms with van der Waals surface area (Å²) in [5.41, 5.74) is -1.78. The van der Waals surface area contributed by atoms with Gasteiger partial charge in [-0.05, 0) is 12.1 Å². The van der Waals surface area contributed by atoms with Crippen molar-refractivity contribution in [3.63, 3.8) is 0 Å². The molecule has 1 heterocycles. The zero-order chi connectivity index (χ0) is 20.5. The van der Waals surface area contributed by atoms with Gasteiger partial charge in [0, 0.05) is 11.5 Å². The summed E-state index contributed by atoms with van der Waals surface area (Å²) in [5.74, 6) is -2.50. The molecule has 0 aliphatic carbocycles. The molecule has 0 bridgehead atoms. The van der Waals surface area contributed by atoms with E-state index in [0.29, 0.717) is 6.07 Å². The van der Waals surface area contributed by atoms with Gasteiger partial charge in [0.1, 0.15) is 22.7 Å². The Labute approximate surface area is 162 Å². The van der Waals surface area contributed by atoms with Crippen molar-refractivity contribution in [3.8, 4) is 11.3 Å². The van der Waals surface area contributed by atoms with Gasteiger partial charge in [-0.1, -0.05) is 37.0 Å². The summed E-state index contributed by atoms with van der Waals surface area (Å²) in [6, 6.07) is 1.42. The third-order valence-corrected chi connectivity index (χ3v) is 5.53. The molecule has 2 aromatic rings. The highest BCUT2D eigenvalue weighted by Gasteiger charge is 2.26. The van der Waals surface area contributed by atoms with Crippen LogP contribution in [0, 0.1) is 11.7 Å². The van der Waals surface area contributed by atoms with E-state index in [9.17, 15) is 26.4 Å². The molecule has 0 unspecified atom stereocenters. The van der Waals surface area contributed by atoms with Crippen LogP contribution in [0.2, 0.25) is 10.0 Å². The van der Waals surface area contributed by atoms with Crippen LogP contribution in [0.5, 0.6) is 0 Å². The minimum absolute atomic E-state index is 0.442. The zero-order valence-corrected chi connectivity index (χ0v) is 16.1. The van der Waals surface area contributed by atoms with Crippen molar-refractivity contribution in [2.24, 2.45) is 5.92 Å². The van der Waals surface area contributed by atoms with E-state index in [1.807, 2.05) is 0 Å². The minimum Gasteiger partial charge on any atom is -0.274 e. The molecule has 0 aliphatic heterocycles. The average molecular weight is 442 g/mol. The first-order valence-electron chi connectivity index (χ1n) is 7.30. The lowest BCUT2D eigenvalue weighted by atomic mass is 10.1. The monoisotopic (exact) mass is 441 g/mol. The number of aromatic nitrogens is 2. The highest BCUT2D eigenvalue weighted by Crippen LogP contribution is 2.36. The summed E-state index contributed by atoms with van der Waals surface area (Å²) in [6.45, 7) is 2.93. The van der Waals surface area contributed by atoms with Crippen LogP contribution in [-0.2, 0) is 14.8 Å². The van der Waals surface area contributed by atoms with Gasteiger partial charge in [-0.3, -0.25) is 4.79 Å². The maximum Gasteiger partial charge on any atom is 0.281 e. The molecule has 146 valence electrons. The number of hydrogen-bond acceptors (Lipinski definition) is 5. The maximum absolute atomic E-state index is 14.3. The quantitative estimate of drug-likeness (QED) is 0.757. The van der Waals surface area contributed by atoms with E-state index in [-0.39, 0.29) is 0 Å². The Kier molecular flexibility index (Phi) is 6.33. The Balaban J connectivity index is 2.65. The second-order valence-electron chi connectivity index (χ2n) is 5.61. The first-order valence-corrected chi connectivity index (χ1v) is 9.54. The van der Waals surface area contributed by atoms with Crippen LogP contribution < -0.4 is 4.72 Å². The molecule has 1 amide bonds. The molecule has 1 N–H and O–H groups in total. The number of carbonyl (C=O) groups excluding carboxylic acids is 1. The van der Waals surface area contributed by atoms with Crippen LogP contribution in [0.25, 0.3) is 11.3 Å². The molecule has 0 saturated heterocycles. The molecule has 1 aromatic carbocycles. The topological polar surface area (TPSA) is 89.0 Å². The van der Waals surface area contributed by atoms with Crippen LogP contribution >= 0.6 is 23.2 Å². The summed E-state index contributed by atoms with van der Waals surface area (Å²) in [4.78, 5) is 18.0. The van der Waals surface area contributed by atoms with Crippen LogP contribution in [0.4, 0.5) is 13.2 Å². The minimum atomic E-state index is -4.45. The summed E-state index contributed by atoms with van der Waals surface area (Å²) in [7, 11) is -4.45. The first kappa shape index (κ1) is 21.4. The number of benzene rings is 1. The molecule has 0 fully saturated rings. The van der Waals surface area contributed by atoms with E-state index < -0.39 is 66.0 Å². The largest absolute Gasteiger partial charge is 0.281 e. The molecule has 1 aromatic heterocycles. The van der Waals surface area contributed by atoms with Gasteiger partial charge < -0.3 is 0 Å². The molecule has 0 aliphatic rings. The van der Waals surface area contributed by atoms with E-state index >= 15 is 0 Å². The Bertz CT molecular complexity index is 1000. The molecule has 0 atom stereocenters. The van der Waals surface area contributed by atoms with Crippen molar-refractivity contribution < 1.29 is 26.4 Å². The zero-order valence-electron chi connectivity index (χ0n) is 13.8. The van der Waals surface area contributed by atoms with Crippen molar-refractivity contribution >= 4 is 39.1 Å². The van der Waals surface area contributed by atoms with Gasteiger partial charge in [-0.25, -0.2) is 36.3 Å². The Morgan fingerprint density at radius 1 is 1.19 bits per heavy atom. The summed E-state index contributed by atoms with van der Waals surface area (Å²) in [6.07, 6.45) is -2.31. The third kappa shape index (κ3) is 4.50. The molecule has 0 saturated carbocycles. The van der Waals surface area contributed by atoms with E-state index in [0.717, 1.165) is 12.4 Å². The van der Waals surface area contributed by atoms with E-state index in [1.54, 1.807) is 4.72 Å². The van der Waals surface area contributed by atoms with Gasteiger partial charge in [0.05, 0.1) is 15.7 Å². The number of carbonyl (C=O) groups is 1. The first-order chi connectivity index (χ1) is 12.5. The number of nitrogens with zero attached hydrogens (tertiary/aromatic N) is 2. The molecule has 0 radical (unpaired) electrons. The Morgan fingerprint density at radius 3 is 2.37 bits per heavy atom. The molecule has 0 spiro atoms. The highest BCUT2D eigenvalue weighted by molar-refractivity contribution is 7.90. The van der Waals surface area contributed by atoms with Crippen molar-refractivity contribution in [1.29, 1.82) is 0 Å². The summed E-state index contributed by atoms with van der Waals surface area (Å²) >= 11 is 11.6. The number of nitrogens with one attached hydrogen (secondary N) is 1. The number of hydrogen-bond donors (Lipinski definition) is 1. The maximum atomic E-state index is 14.3. The lowest BCUT2D eigenvalue weighted by Gasteiger charge is -2.13. The van der Waals surface area contributed by atoms with Crippen LogP contribution in [0.3, 0.4) is 0 Å². The fourth-order valence-electron chi connectivity index (χ4n) is 1.95. The molecular formula is C15H12Cl2F3N3O3S. The molecule has 12 heteroatoms. The predicted molar refractivity (Wildman–Crippen MR) is 92.6 cm³/mol. The normalized spacial score (nSPS) is 11.9. The average Bonchev–Trinajstić information content (AvgIpc) is 2.54. The van der Waals surface area contributed by atoms with E-state index in [1.165, 1.54) is 13.8 Å².